The predicted octanol–water partition coefficient (Wildman–Crippen LogP) is 2.77. The first-order chi connectivity index (χ1) is 13.0. The van der Waals surface area contributed by atoms with Crippen LogP contribution in [0.4, 0.5) is 17.1 Å². The summed E-state index contributed by atoms with van der Waals surface area (Å²) in [6.45, 7) is 3.50. The van der Waals surface area contributed by atoms with Crippen LogP contribution in [0.15, 0.2) is 42.5 Å². The van der Waals surface area contributed by atoms with E-state index >= 15 is 0 Å². The number of nitrogens with one attached hydrogen (secondary N) is 3. The van der Waals surface area contributed by atoms with Gasteiger partial charge in [0.1, 0.15) is 0 Å². The molecule has 28 heavy (non-hydrogen) atoms. The van der Waals surface area contributed by atoms with Crippen LogP contribution >= 0.6 is 0 Å². The van der Waals surface area contributed by atoms with Crippen LogP contribution in [0.3, 0.4) is 0 Å². The van der Waals surface area contributed by atoms with Crippen molar-refractivity contribution in [1.82, 2.24) is 0 Å². The fourth-order valence-corrected chi connectivity index (χ4v) is 4.18. The van der Waals surface area contributed by atoms with Crippen molar-refractivity contribution in [3.8, 4) is 0 Å². The van der Waals surface area contributed by atoms with Gasteiger partial charge in [0.05, 0.1) is 17.7 Å². The van der Waals surface area contributed by atoms with Crippen LogP contribution in [0.2, 0.25) is 0 Å². The Bertz CT molecular complexity index is 1080. The van der Waals surface area contributed by atoms with Crippen LogP contribution in [0.1, 0.15) is 29.3 Å². The van der Waals surface area contributed by atoms with E-state index in [1.807, 2.05) is 0 Å². The predicted molar refractivity (Wildman–Crippen MR) is 112 cm³/mol. The summed E-state index contributed by atoms with van der Waals surface area (Å²) in [5, 5.41) is 2.68. The molecule has 0 spiro atoms. The molecule has 0 unspecified atom stereocenters. The molecule has 10 heteroatoms. The topological polar surface area (TPSA) is 121 Å². The molecule has 8 nitrogen and oxygen atoms in total. The summed E-state index contributed by atoms with van der Waals surface area (Å²) in [6, 6.07) is 11.0. The highest BCUT2D eigenvalue weighted by Crippen LogP contribution is 2.22. The van der Waals surface area contributed by atoms with Crippen molar-refractivity contribution >= 4 is 43.0 Å². The van der Waals surface area contributed by atoms with Crippen LogP contribution in [0.25, 0.3) is 0 Å². The second-order valence-electron chi connectivity index (χ2n) is 6.36. The molecule has 3 N–H and O–H groups in total. The number of anilines is 3. The van der Waals surface area contributed by atoms with Gasteiger partial charge in [-0.3, -0.25) is 14.2 Å². The number of hydrogen-bond donors (Lipinski definition) is 3. The van der Waals surface area contributed by atoms with E-state index in [-0.39, 0.29) is 11.3 Å². The van der Waals surface area contributed by atoms with Crippen LogP contribution < -0.4 is 14.8 Å². The van der Waals surface area contributed by atoms with E-state index in [9.17, 15) is 21.6 Å². The second-order valence-corrected chi connectivity index (χ2v) is 9.95. The summed E-state index contributed by atoms with van der Waals surface area (Å²) >= 11 is 0. The number of carbonyl (C=O) groups excluding carboxylic acids is 1. The zero-order valence-electron chi connectivity index (χ0n) is 15.8. The lowest BCUT2D eigenvalue weighted by Gasteiger charge is -2.12. The van der Waals surface area contributed by atoms with E-state index in [0.29, 0.717) is 29.0 Å². The minimum Gasteiger partial charge on any atom is -0.322 e. The number of aryl methyl sites for hydroxylation is 1. The average Bonchev–Trinajstić information content (AvgIpc) is 2.56. The Morgan fingerprint density at radius 2 is 1.68 bits per heavy atom. The van der Waals surface area contributed by atoms with Gasteiger partial charge in [-0.05, 0) is 49.2 Å². The van der Waals surface area contributed by atoms with Crippen LogP contribution in [-0.2, 0) is 20.0 Å². The van der Waals surface area contributed by atoms with E-state index in [2.05, 4.69) is 14.8 Å². The molecule has 2 rings (SSSR count). The maximum absolute atomic E-state index is 12.5. The summed E-state index contributed by atoms with van der Waals surface area (Å²) in [5.41, 5.74) is 2.02. The maximum atomic E-state index is 12.5. The highest BCUT2D eigenvalue weighted by molar-refractivity contribution is 7.92. The summed E-state index contributed by atoms with van der Waals surface area (Å²) in [4.78, 5) is 12.5. The van der Waals surface area contributed by atoms with Gasteiger partial charge in [-0.1, -0.05) is 19.1 Å². The molecule has 2 aromatic carbocycles. The van der Waals surface area contributed by atoms with Gasteiger partial charge in [-0.2, -0.15) is 0 Å². The SMILES string of the molecule is CCCS(=O)(=O)Nc1cccc(C(=O)Nc2ccc(C)c(NS(C)(=O)=O)c2)c1. The quantitative estimate of drug-likeness (QED) is 0.600. The summed E-state index contributed by atoms with van der Waals surface area (Å²) in [6.07, 6.45) is 1.52. The lowest BCUT2D eigenvalue weighted by atomic mass is 10.1. The van der Waals surface area contributed by atoms with Gasteiger partial charge < -0.3 is 5.32 Å². The molecule has 0 saturated carbocycles. The Hall–Kier alpha value is -2.59. The molecule has 0 heterocycles. The molecular weight excluding hydrogens is 402 g/mol. The first-order valence-electron chi connectivity index (χ1n) is 8.49. The summed E-state index contributed by atoms with van der Waals surface area (Å²) in [7, 11) is -6.91. The van der Waals surface area contributed by atoms with Crippen molar-refractivity contribution in [2.75, 3.05) is 26.8 Å². The van der Waals surface area contributed by atoms with Crippen molar-refractivity contribution in [3.05, 3.63) is 53.6 Å². The first kappa shape index (κ1) is 21.7. The third-order valence-corrected chi connectivity index (χ3v) is 5.74. The molecule has 0 aliphatic rings. The molecule has 2 aromatic rings. The molecule has 0 radical (unpaired) electrons. The van der Waals surface area contributed by atoms with Gasteiger partial charge >= 0.3 is 0 Å². The number of amides is 1. The van der Waals surface area contributed by atoms with E-state index in [1.165, 1.54) is 12.1 Å². The van der Waals surface area contributed by atoms with Gasteiger partial charge in [0.15, 0.2) is 0 Å². The minimum atomic E-state index is -3.46. The fourth-order valence-electron chi connectivity index (χ4n) is 2.44. The molecule has 0 aromatic heterocycles. The normalized spacial score (nSPS) is 11.7. The third kappa shape index (κ3) is 6.54. The van der Waals surface area contributed by atoms with Gasteiger partial charge in [-0.25, -0.2) is 16.8 Å². The van der Waals surface area contributed by atoms with Crippen molar-refractivity contribution < 1.29 is 21.6 Å². The fraction of sp³-hybridized carbons (Fsp3) is 0.278. The van der Waals surface area contributed by atoms with Crippen LogP contribution in [0, 0.1) is 6.92 Å². The lowest BCUT2D eigenvalue weighted by Crippen LogP contribution is -2.17. The van der Waals surface area contributed by atoms with Crippen molar-refractivity contribution in [2.24, 2.45) is 0 Å². The summed E-state index contributed by atoms with van der Waals surface area (Å²) < 4.78 is 51.5. The van der Waals surface area contributed by atoms with Crippen molar-refractivity contribution in [1.29, 1.82) is 0 Å². The maximum Gasteiger partial charge on any atom is 0.255 e. The number of carbonyl (C=O) groups is 1. The van der Waals surface area contributed by atoms with Crippen LogP contribution in [-0.4, -0.2) is 34.8 Å². The highest BCUT2D eigenvalue weighted by Gasteiger charge is 2.12. The molecule has 1 amide bonds. The smallest absolute Gasteiger partial charge is 0.255 e. The standard InChI is InChI=1S/C18H23N3O5S2/c1-4-10-28(25,26)20-16-7-5-6-14(11-16)18(22)19-15-9-8-13(2)17(12-15)21-27(3,23)24/h5-9,11-12,20-21H,4,10H2,1-3H3,(H,19,22). The van der Waals surface area contributed by atoms with E-state index in [0.717, 1.165) is 6.26 Å². The largest absolute Gasteiger partial charge is 0.322 e. The number of benzene rings is 2. The Morgan fingerprint density at radius 3 is 2.32 bits per heavy atom. The third-order valence-electron chi connectivity index (χ3n) is 3.66. The first-order valence-corrected chi connectivity index (χ1v) is 12.0. The Morgan fingerprint density at radius 1 is 0.964 bits per heavy atom. The Kier molecular flexibility index (Phi) is 6.68. The van der Waals surface area contributed by atoms with Gasteiger partial charge in [0, 0.05) is 16.9 Å². The number of sulfonamides is 2. The molecule has 0 aliphatic carbocycles. The Balaban J connectivity index is 2.19. The molecule has 0 fully saturated rings. The zero-order chi connectivity index (χ0) is 20.9. The van der Waals surface area contributed by atoms with E-state index < -0.39 is 26.0 Å². The molecular formula is C18H23N3O5S2. The van der Waals surface area contributed by atoms with Gasteiger partial charge in [0.2, 0.25) is 20.0 Å². The van der Waals surface area contributed by atoms with Gasteiger partial charge in [-0.15, -0.1) is 0 Å². The van der Waals surface area contributed by atoms with Crippen molar-refractivity contribution in [2.45, 2.75) is 20.3 Å². The summed E-state index contributed by atoms with van der Waals surface area (Å²) in [5.74, 6) is -0.464. The molecule has 0 bridgehead atoms. The minimum absolute atomic E-state index is 0.0110. The number of hydrogen-bond acceptors (Lipinski definition) is 5. The lowest BCUT2D eigenvalue weighted by molar-refractivity contribution is 0.102. The zero-order valence-corrected chi connectivity index (χ0v) is 17.4. The van der Waals surface area contributed by atoms with Gasteiger partial charge in [0.25, 0.3) is 5.91 Å². The molecule has 0 aliphatic heterocycles. The van der Waals surface area contributed by atoms with Crippen molar-refractivity contribution in [3.63, 3.8) is 0 Å². The van der Waals surface area contributed by atoms with Crippen LogP contribution in [0.5, 0.6) is 0 Å². The highest BCUT2D eigenvalue weighted by atomic mass is 32.2. The second kappa shape index (κ2) is 8.61. The Labute approximate surface area is 165 Å². The number of rotatable bonds is 8. The van der Waals surface area contributed by atoms with E-state index in [1.54, 1.807) is 44.2 Å². The monoisotopic (exact) mass is 425 g/mol. The molecule has 0 atom stereocenters. The average molecular weight is 426 g/mol. The molecule has 152 valence electrons. The van der Waals surface area contributed by atoms with E-state index in [4.69, 9.17) is 0 Å². The molecule has 0 saturated heterocycles.